The predicted octanol–water partition coefficient (Wildman–Crippen LogP) is 1.07. The molecule has 1 aliphatic rings. The molecule has 0 aromatic carbocycles. The smallest absolute Gasteiger partial charge is 0.250 e. The summed E-state index contributed by atoms with van der Waals surface area (Å²) in [5.74, 6) is 0.271. The zero-order valence-electron chi connectivity index (χ0n) is 7.84. The van der Waals surface area contributed by atoms with E-state index in [-0.39, 0.29) is 5.91 Å². The van der Waals surface area contributed by atoms with E-state index in [4.69, 9.17) is 4.74 Å². The van der Waals surface area contributed by atoms with Crippen molar-refractivity contribution in [1.29, 1.82) is 0 Å². The highest BCUT2D eigenvalue weighted by Gasteiger charge is 2.04. The second-order valence-corrected chi connectivity index (χ2v) is 3.62. The van der Waals surface area contributed by atoms with Crippen LogP contribution in [0.1, 0.15) is 0 Å². The van der Waals surface area contributed by atoms with Gasteiger partial charge >= 0.3 is 0 Å². The minimum absolute atomic E-state index is 0.233. The minimum Gasteiger partial charge on any atom is -0.476 e. The first kappa shape index (κ1) is 9.85. The van der Waals surface area contributed by atoms with Gasteiger partial charge in [0.1, 0.15) is 6.61 Å². The maximum Gasteiger partial charge on any atom is 0.250 e. The van der Waals surface area contributed by atoms with Gasteiger partial charge in [0, 0.05) is 23.7 Å². The summed E-state index contributed by atoms with van der Waals surface area (Å²) in [5, 5.41) is 4.99. The van der Waals surface area contributed by atoms with E-state index in [1.165, 1.54) is 17.4 Å². The highest BCUT2D eigenvalue weighted by molar-refractivity contribution is 7.13. The Morgan fingerprint density at radius 3 is 3.27 bits per heavy atom. The number of anilines is 1. The quantitative estimate of drug-likeness (QED) is 0.779. The minimum atomic E-state index is -0.233. The molecule has 15 heavy (non-hydrogen) atoms. The van der Waals surface area contributed by atoms with Crippen molar-refractivity contribution < 1.29 is 9.53 Å². The molecule has 0 saturated carbocycles. The number of amides is 1. The van der Waals surface area contributed by atoms with Gasteiger partial charge in [-0.2, -0.15) is 0 Å². The van der Waals surface area contributed by atoms with Crippen LogP contribution in [0, 0.1) is 0 Å². The molecule has 78 valence electrons. The standard InChI is InChI=1S/C9H9N3O2S/c13-7(12-9-11-4-6-15-9)1-2-8-10-3-5-14-8/h1-2,4,6H,3,5H2,(H,11,12,13)/b2-1+. The average Bonchev–Trinajstić information content (AvgIpc) is 2.86. The molecule has 1 aromatic heterocycles. The van der Waals surface area contributed by atoms with Crippen molar-refractivity contribution in [3.05, 3.63) is 23.7 Å². The van der Waals surface area contributed by atoms with Crippen LogP contribution in [0.3, 0.4) is 0 Å². The number of thiazole rings is 1. The van der Waals surface area contributed by atoms with Crippen LogP contribution >= 0.6 is 11.3 Å². The molecule has 0 spiro atoms. The molecule has 0 bridgehead atoms. The molecule has 0 aliphatic carbocycles. The van der Waals surface area contributed by atoms with E-state index in [1.54, 1.807) is 17.7 Å². The monoisotopic (exact) mass is 223 g/mol. The molecule has 1 aliphatic heterocycles. The fraction of sp³-hybridized carbons (Fsp3) is 0.222. The van der Waals surface area contributed by atoms with Gasteiger partial charge in [0.15, 0.2) is 5.13 Å². The first-order chi connectivity index (χ1) is 7.34. The number of rotatable bonds is 3. The summed E-state index contributed by atoms with van der Waals surface area (Å²) in [6.45, 7) is 1.25. The molecule has 6 heteroatoms. The molecule has 0 saturated heterocycles. The molecule has 0 fully saturated rings. The Hall–Kier alpha value is -1.69. The second kappa shape index (κ2) is 4.70. The predicted molar refractivity (Wildman–Crippen MR) is 58.1 cm³/mol. The van der Waals surface area contributed by atoms with Gasteiger partial charge in [-0.1, -0.05) is 0 Å². The lowest BCUT2D eigenvalue weighted by atomic mass is 10.4. The molecule has 5 nitrogen and oxygen atoms in total. The molecule has 2 heterocycles. The van der Waals surface area contributed by atoms with E-state index in [1.807, 2.05) is 0 Å². The summed E-state index contributed by atoms with van der Waals surface area (Å²) >= 11 is 1.37. The Kier molecular flexibility index (Phi) is 3.08. The van der Waals surface area contributed by atoms with Gasteiger partial charge in [0.05, 0.1) is 6.54 Å². The zero-order valence-corrected chi connectivity index (χ0v) is 8.66. The summed E-state index contributed by atoms with van der Waals surface area (Å²) in [7, 11) is 0. The maximum absolute atomic E-state index is 11.3. The third-order valence-corrected chi connectivity index (χ3v) is 2.34. The molecule has 2 rings (SSSR count). The van der Waals surface area contributed by atoms with Crippen molar-refractivity contribution in [2.24, 2.45) is 4.99 Å². The molecular formula is C9H9N3O2S. The van der Waals surface area contributed by atoms with Gasteiger partial charge in [-0.3, -0.25) is 10.1 Å². The van der Waals surface area contributed by atoms with Gasteiger partial charge < -0.3 is 4.74 Å². The van der Waals surface area contributed by atoms with Crippen LogP contribution in [0.5, 0.6) is 0 Å². The Bertz CT molecular complexity index is 397. The molecular weight excluding hydrogens is 214 g/mol. The first-order valence-corrected chi connectivity index (χ1v) is 5.28. The third kappa shape index (κ3) is 2.88. The van der Waals surface area contributed by atoms with Crippen molar-refractivity contribution in [2.75, 3.05) is 18.5 Å². The third-order valence-electron chi connectivity index (χ3n) is 1.65. The average molecular weight is 223 g/mol. The Morgan fingerprint density at radius 2 is 2.60 bits per heavy atom. The zero-order chi connectivity index (χ0) is 10.5. The largest absolute Gasteiger partial charge is 0.476 e. The second-order valence-electron chi connectivity index (χ2n) is 2.73. The lowest BCUT2D eigenvalue weighted by molar-refractivity contribution is -0.111. The van der Waals surface area contributed by atoms with Crippen LogP contribution < -0.4 is 5.32 Å². The van der Waals surface area contributed by atoms with Gasteiger partial charge in [-0.05, 0) is 0 Å². The lowest BCUT2D eigenvalue weighted by Crippen LogP contribution is -2.08. The highest BCUT2D eigenvalue weighted by atomic mass is 32.1. The van der Waals surface area contributed by atoms with Crippen LogP contribution in [0.15, 0.2) is 28.7 Å². The summed E-state index contributed by atoms with van der Waals surface area (Å²) < 4.78 is 5.11. The Balaban J connectivity index is 1.87. The fourth-order valence-corrected chi connectivity index (χ4v) is 1.56. The number of aromatic nitrogens is 1. The van der Waals surface area contributed by atoms with Crippen LogP contribution in [0.2, 0.25) is 0 Å². The number of hydrogen-bond donors (Lipinski definition) is 1. The number of nitrogens with zero attached hydrogens (tertiary/aromatic N) is 2. The van der Waals surface area contributed by atoms with Gasteiger partial charge in [-0.25, -0.2) is 9.98 Å². The number of carbonyl (C=O) groups excluding carboxylic acids is 1. The Labute approximate surface area is 90.5 Å². The number of aliphatic imine (C=N–C) groups is 1. The van der Waals surface area contributed by atoms with Crippen LogP contribution in [-0.4, -0.2) is 29.9 Å². The number of hydrogen-bond acceptors (Lipinski definition) is 5. The van der Waals surface area contributed by atoms with Gasteiger partial charge in [-0.15, -0.1) is 11.3 Å². The van der Waals surface area contributed by atoms with E-state index in [2.05, 4.69) is 15.3 Å². The Morgan fingerprint density at radius 1 is 1.67 bits per heavy atom. The molecule has 1 N–H and O–H groups in total. The summed E-state index contributed by atoms with van der Waals surface area (Å²) in [4.78, 5) is 19.3. The highest BCUT2D eigenvalue weighted by Crippen LogP contribution is 2.09. The van der Waals surface area contributed by atoms with Gasteiger partial charge in [0.25, 0.3) is 0 Å². The molecule has 0 atom stereocenters. The normalized spacial score (nSPS) is 15.1. The van der Waals surface area contributed by atoms with Crippen molar-refractivity contribution in [1.82, 2.24) is 4.98 Å². The summed E-state index contributed by atoms with van der Waals surface area (Å²) in [5.41, 5.74) is 0. The van der Waals surface area contributed by atoms with Crippen LogP contribution in [0.25, 0.3) is 0 Å². The van der Waals surface area contributed by atoms with E-state index in [0.29, 0.717) is 24.2 Å². The van der Waals surface area contributed by atoms with E-state index >= 15 is 0 Å². The van der Waals surface area contributed by atoms with Crippen molar-refractivity contribution >= 4 is 28.3 Å². The van der Waals surface area contributed by atoms with E-state index in [9.17, 15) is 4.79 Å². The van der Waals surface area contributed by atoms with Gasteiger partial charge in [0.2, 0.25) is 11.8 Å². The number of ether oxygens (including phenoxy) is 1. The van der Waals surface area contributed by atoms with Crippen molar-refractivity contribution in [3.63, 3.8) is 0 Å². The summed E-state index contributed by atoms with van der Waals surface area (Å²) in [6.07, 6.45) is 4.57. The topological polar surface area (TPSA) is 63.6 Å². The number of nitrogens with one attached hydrogen (secondary N) is 1. The SMILES string of the molecule is O=C(/C=C/C1=NCCO1)Nc1nccs1. The van der Waals surface area contributed by atoms with E-state index in [0.717, 1.165) is 0 Å². The molecule has 1 amide bonds. The van der Waals surface area contributed by atoms with Crippen molar-refractivity contribution in [2.45, 2.75) is 0 Å². The van der Waals surface area contributed by atoms with Crippen LogP contribution in [-0.2, 0) is 9.53 Å². The van der Waals surface area contributed by atoms with E-state index < -0.39 is 0 Å². The van der Waals surface area contributed by atoms with Crippen LogP contribution in [0.4, 0.5) is 5.13 Å². The molecule has 1 aromatic rings. The summed E-state index contributed by atoms with van der Waals surface area (Å²) in [6, 6.07) is 0. The lowest BCUT2D eigenvalue weighted by Gasteiger charge is -1.95. The number of carbonyl (C=O) groups is 1. The first-order valence-electron chi connectivity index (χ1n) is 4.40. The van der Waals surface area contributed by atoms with Crippen molar-refractivity contribution in [3.8, 4) is 0 Å². The molecule has 0 radical (unpaired) electrons. The fourth-order valence-electron chi connectivity index (χ4n) is 1.03. The molecule has 0 unspecified atom stereocenters. The maximum atomic E-state index is 11.3.